The van der Waals surface area contributed by atoms with Crippen molar-refractivity contribution in [1.29, 1.82) is 0 Å². The molecule has 1 nitrogen and oxygen atoms in total. The Kier molecular flexibility index (Phi) is 5.72. The minimum atomic E-state index is 0.228. The van der Waals surface area contributed by atoms with E-state index in [1.54, 1.807) is 17.4 Å². The van der Waals surface area contributed by atoms with Crippen molar-refractivity contribution < 1.29 is 0 Å². The molecule has 0 saturated heterocycles. The summed E-state index contributed by atoms with van der Waals surface area (Å²) in [5.74, 6) is 0. The summed E-state index contributed by atoms with van der Waals surface area (Å²) in [6.45, 7) is 3.00. The van der Waals surface area contributed by atoms with E-state index in [9.17, 15) is 0 Å². The van der Waals surface area contributed by atoms with Crippen LogP contribution in [0.15, 0.2) is 34.1 Å². The Morgan fingerprint density at radius 1 is 1.21 bits per heavy atom. The van der Waals surface area contributed by atoms with Crippen molar-refractivity contribution in [2.45, 2.75) is 19.4 Å². The topological polar surface area (TPSA) is 12.0 Å². The summed E-state index contributed by atoms with van der Waals surface area (Å²) >= 11 is 17.4. The van der Waals surface area contributed by atoms with E-state index in [-0.39, 0.29) is 6.04 Å². The number of halogens is 3. The molecule has 0 spiro atoms. The maximum Gasteiger partial charge on any atom is 0.0701 e. The molecule has 1 unspecified atom stereocenters. The summed E-state index contributed by atoms with van der Waals surface area (Å²) < 4.78 is 1.15. The Morgan fingerprint density at radius 3 is 2.42 bits per heavy atom. The van der Waals surface area contributed by atoms with Crippen molar-refractivity contribution in [1.82, 2.24) is 5.32 Å². The summed E-state index contributed by atoms with van der Waals surface area (Å²) in [5.41, 5.74) is 1.13. The molecule has 2 rings (SSSR count). The predicted molar refractivity (Wildman–Crippen MR) is 88.6 cm³/mol. The number of thiophene rings is 1. The van der Waals surface area contributed by atoms with Crippen LogP contribution in [-0.4, -0.2) is 6.54 Å². The molecule has 0 aliphatic carbocycles. The molecule has 102 valence electrons. The van der Waals surface area contributed by atoms with E-state index in [1.807, 2.05) is 12.1 Å². The summed E-state index contributed by atoms with van der Waals surface area (Å²) in [7, 11) is 0. The second kappa shape index (κ2) is 7.09. The first-order valence-corrected chi connectivity index (χ1v) is 8.38. The van der Waals surface area contributed by atoms with Gasteiger partial charge in [-0.2, -0.15) is 0 Å². The van der Waals surface area contributed by atoms with Crippen LogP contribution >= 0.6 is 50.5 Å². The number of hydrogen-bond donors (Lipinski definition) is 1. The highest BCUT2D eigenvalue weighted by atomic mass is 79.9. The summed E-state index contributed by atoms with van der Waals surface area (Å²) in [5, 5.41) is 4.84. The van der Waals surface area contributed by atoms with E-state index in [4.69, 9.17) is 23.2 Å². The monoisotopic (exact) mass is 377 g/mol. The Balaban J connectivity index is 2.23. The Labute approximate surface area is 136 Å². The molecule has 0 amide bonds. The van der Waals surface area contributed by atoms with Gasteiger partial charge >= 0.3 is 0 Å². The second-order valence-electron chi connectivity index (χ2n) is 4.22. The first kappa shape index (κ1) is 15.3. The first-order valence-electron chi connectivity index (χ1n) is 6.02. The van der Waals surface area contributed by atoms with Crippen LogP contribution in [0.3, 0.4) is 0 Å². The van der Waals surface area contributed by atoms with E-state index >= 15 is 0 Å². The zero-order valence-electron chi connectivity index (χ0n) is 10.4. The van der Waals surface area contributed by atoms with Gasteiger partial charge in [0.25, 0.3) is 0 Å². The van der Waals surface area contributed by atoms with Gasteiger partial charge in [0.15, 0.2) is 0 Å². The molecule has 0 radical (unpaired) electrons. The lowest BCUT2D eigenvalue weighted by molar-refractivity contribution is 0.553. The van der Waals surface area contributed by atoms with Crippen LogP contribution in [-0.2, 0) is 6.42 Å². The molecule has 5 heteroatoms. The maximum atomic E-state index is 6.08. The van der Waals surface area contributed by atoms with Crippen molar-refractivity contribution in [3.05, 3.63) is 54.6 Å². The van der Waals surface area contributed by atoms with Gasteiger partial charge in [0, 0.05) is 27.4 Å². The third kappa shape index (κ3) is 4.47. The van der Waals surface area contributed by atoms with E-state index < -0.39 is 0 Å². The molecular formula is C14H14BrCl2NS. The molecule has 1 atom stereocenters. The number of nitrogens with one attached hydrogen (secondary N) is 1. The number of hydrogen-bond acceptors (Lipinski definition) is 2. The van der Waals surface area contributed by atoms with Crippen LogP contribution in [0, 0.1) is 0 Å². The van der Waals surface area contributed by atoms with Crippen LogP contribution in [0.4, 0.5) is 0 Å². The number of likely N-dealkylation sites (N-methyl/N-ethyl adjacent to an activating group) is 1. The molecule has 0 saturated carbocycles. The van der Waals surface area contributed by atoms with E-state index in [0.29, 0.717) is 10.0 Å². The average Bonchev–Trinajstić information content (AvgIpc) is 2.73. The quantitative estimate of drug-likeness (QED) is 0.702. The summed E-state index contributed by atoms with van der Waals surface area (Å²) in [4.78, 5) is 1.33. The maximum absolute atomic E-state index is 6.08. The molecule has 1 aromatic heterocycles. The van der Waals surface area contributed by atoms with Gasteiger partial charge in [-0.1, -0.05) is 30.1 Å². The van der Waals surface area contributed by atoms with Gasteiger partial charge in [0.1, 0.15) is 0 Å². The zero-order chi connectivity index (χ0) is 13.8. The third-order valence-electron chi connectivity index (χ3n) is 2.77. The van der Waals surface area contributed by atoms with Crippen molar-refractivity contribution in [2.24, 2.45) is 0 Å². The zero-order valence-corrected chi connectivity index (χ0v) is 14.3. The summed E-state index contributed by atoms with van der Waals surface area (Å²) in [6, 6.07) is 10.2. The van der Waals surface area contributed by atoms with Gasteiger partial charge in [0.05, 0.1) is 3.79 Å². The summed E-state index contributed by atoms with van der Waals surface area (Å²) in [6.07, 6.45) is 0.931. The lowest BCUT2D eigenvalue weighted by Crippen LogP contribution is -2.22. The van der Waals surface area contributed by atoms with Gasteiger partial charge in [-0.05, 0) is 58.4 Å². The molecule has 0 aliphatic rings. The van der Waals surface area contributed by atoms with E-state index in [0.717, 1.165) is 22.3 Å². The standard InChI is InChI=1S/C14H14BrCl2NS/c1-2-18-13(8-12-3-4-14(15)19-12)9-5-10(16)7-11(17)6-9/h3-7,13,18H,2,8H2,1H3. The first-order chi connectivity index (χ1) is 9.08. The largest absolute Gasteiger partial charge is 0.310 e. The fraction of sp³-hybridized carbons (Fsp3) is 0.286. The van der Waals surface area contributed by atoms with Gasteiger partial charge in [0.2, 0.25) is 0 Å². The molecule has 1 heterocycles. The highest BCUT2D eigenvalue weighted by molar-refractivity contribution is 9.11. The Morgan fingerprint density at radius 2 is 1.89 bits per heavy atom. The molecule has 1 aromatic carbocycles. The molecule has 1 N–H and O–H groups in total. The van der Waals surface area contributed by atoms with Gasteiger partial charge < -0.3 is 5.32 Å². The fourth-order valence-corrected chi connectivity index (χ4v) is 4.06. The van der Waals surface area contributed by atoms with Crippen LogP contribution in [0.25, 0.3) is 0 Å². The molecule has 19 heavy (non-hydrogen) atoms. The van der Waals surface area contributed by atoms with Crippen LogP contribution in [0.5, 0.6) is 0 Å². The van der Waals surface area contributed by atoms with Crippen LogP contribution in [0.2, 0.25) is 10.0 Å². The molecule has 2 aromatic rings. The number of rotatable bonds is 5. The molecule has 0 aliphatic heterocycles. The third-order valence-corrected chi connectivity index (χ3v) is 4.85. The van der Waals surface area contributed by atoms with Gasteiger partial charge in [-0.3, -0.25) is 0 Å². The Bertz CT molecular complexity index is 536. The van der Waals surface area contributed by atoms with Gasteiger partial charge in [-0.15, -0.1) is 11.3 Å². The Hall–Kier alpha value is -0.0600. The SMILES string of the molecule is CCNC(Cc1ccc(Br)s1)c1cc(Cl)cc(Cl)c1. The molecule has 0 fully saturated rings. The lowest BCUT2D eigenvalue weighted by Gasteiger charge is -2.18. The molecular weight excluding hydrogens is 365 g/mol. The highest BCUT2D eigenvalue weighted by Crippen LogP contribution is 2.29. The van der Waals surface area contributed by atoms with Crippen molar-refractivity contribution in [3.63, 3.8) is 0 Å². The van der Waals surface area contributed by atoms with Crippen molar-refractivity contribution >= 4 is 50.5 Å². The van der Waals surface area contributed by atoms with Crippen molar-refractivity contribution in [2.75, 3.05) is 6.54 Å². The second-order valence-corrected chi connectivity index (χ2v) is 7.64. The van der Waals surface area contributed by atoms with E-state index in [2.05, 4.69) is 40.3 Å². The minimum absolute atomic E-state index is 0.228. The minimum Gasteiger partial charge on any atom is -0.310 e. The van der Waals surface area contributed by atoms with Crippen molar-refractivity contribution in [3.8, 4) is 0 Å². The van der Waals surface area contributed by atoms with Crippen LogP contribution in [0.1, 0.15) is 23.4 Å². The lowest BCUT2D eigenvalue weighted by atomic mass is 10.0. The predicted octanol–water partition coefficient (Wildman–Crippen LogP) is 5.71. The highest BCUT2D eigenvalue weighted by Gasteiger charge is 2.13. The van der Waals surface area contributed by atoms with E-state index in [1.165, 1.54) is 4.88 Å². The fourth-order valence-electron chi connectivity index (χ4n) is 1.99. The normalized spacial score (nSPS) is 12.6. The number of benzene rings is 1. The average molecular weight is 379 g/mol. The van der Waals surface area contributed by atoms with Gasteiger partial charge in [-0.25, -0.2) is 0 Å². The smallest absolute Gasteiger partial charge is 0.0701 e. The van der Waals surface area contributed by atoms with Crippen LogP contribution < -0.4 is 5.32 Å². The molecule has 0 bridgehead atoms.